The van der Waals surface area contributed by atoms with Gasteiger partial charge >= 0.3 is 0 Å². The zero-order valence-corrected chi connectivity index (χ0v) is 18.3. The molecule has 32 heavy (non-hydrogen) atoms. The van der Waals surface area contributed by atoms with Crippen LogP contribution < -0.4 is 9.64 Å². The third kappa shape index (κ3) is 4.02. The largest absolute Gasteiger partial charge is 0.507 e. The van der Waals surface area contributed by atoms with Gasteiger partial charge in [0.2, 0.25) is 0 Å². The molecule has 1 aliphatic rings. The van der Waals surface area contributed by atoms with Gasteiger partial charge in [-0.3, -0.25) is 14.5 Å². The molecule has 0 aromatic heterocycles. The first-order valence-electron chi connectivity index (χ1n) is 10.6. The van der Waals surface area contributed by atoms with Crippen LogP contribution in [-0.2, 0) is 9.59 Å². The third-order valence-electron chi connectivity index (χ3n) is 5.37. The van der Waals surface area contributed by atoms with Crippen LogP contribution in [0.15, 0.2) is 84.4 Å². The number of rotatable bonds is 5. The Morgan fingerprint density at radius 3 is 2.12 bits per heavy atom. The van der Waals surface area contributed by atoms with Crippen molar-refractivity contribution in [3.63, 3.8) is 0 Å². The average Bonchev–Trinajstić information content (AvgIpc) is 3.05. The first-order valence-corrected chi connectivity index (χ1v) is 10.6. The van der Waals surface area contributed by atoms with Gasteiger partial charge in [-0.15, -0.1) is 0 Å². The van der Waals surface area contributed by atoms with Crippen LogP contribution in [0.5, 0.6) is 5.75 Å². The molecule has 4 rings (SSSR count). The van der Waals surface area contributed by atoms with Gasteiger partial charge in [-0.25, -0.2) is 0 Å². The van der Waals surface area contributed by atoms with E-state index in [-0.39, 0.29) is 17.4 Å². The SMILES string of the molecule is Cc1ccc(/C(O)=C2\C(=O)C(=O)N(c3ccc(OC(C)C)cc3)C2c2ccccc2)cc1. The summed E-state index contributed by atoms with van der Waals surface area (Å²) in [5.41, 5.74) is 2.90. The molecule has 1 unspecified atom stereocenters. The van der Waals surface area contributed by atoms with Crippen LogP contribution in [0.1, 0.15) is 36.6 Å². The summed E-state index contributed by atoms with van der Waals surface area (Å²) in [6, 6.07) is 22.8. The topological polar surface area (TPSA) is 66.8 Å². The minimum atomic E-state index is -0.741. The number of nitrogens with zero attached hydrogens (tertiary/aromatic N) is 1. The van der Waals surface area contributed by atoms with E-state index in [9.17, 15) is 14.7 Å². The summed E-state index contributed by atoms with van der Waals surface area (Å²) in [6.45, 7) is 5.82. The number of hydrogen-bond donors (Lipinski definition) is 1. The lowest BCUT2D eigenvalue weighted by Crippen LogP contribution is -2.29. The second-order valence-electron chi connectivity index (χ2n) is 8.11. The number of aliphatic hydroxyl groups excluding tert-OH is 1. The van der Waals surface area contributed by atoms with Crippen molar-refractivity contribution in [3.05, 3.63) is 101 Å². The monoisotopic (exact) mass is 427 g/mol. The van der Waals surface area contributed by atoms with Crippen LogP contribution in [0.2, 0.25) is 0 Å². The van der Waals surface area contributed by atoms with E-state index in [4.69, 9.17) is 4.74 Å². The first kappa shape index (κ1) is 21.4. The molecule has 3 aromatic carbocycles. The highest BCUT2D eigenvalue weighted by molar-refractivity contribution is 6.51. The second-order valence-corrected chi connectivity index (χ2v) is 8.11. The number of ketones is 1. The molecule has 0 saturated carbocycles. The number of anilines is 1. The summed E-state index contributed by atoms with van der Waals surface area (Å²) < 4.78 is 5.70. The van der Waals surface area contributed by atoms with Gasteiger partial charge in [0.05, 0.1) is 17.7 Å². The fourth-order valence-electron chi connectivity index (χ4n) is 3.87. The van der Waals surface area contributed by atoms with Gasteiger partial charge in [-0.1, -0.05) is 60.2 Å². The highest BCUT2D eigenvalue weighted by atomic mass is 16.5. The van der Waals surface area contributed by atoms with Gasteiger partial charge in [-0.2, -0.15) is 0 Å². The quantitative estimate of drug-likeness (QED) is 0.336. The molecule has 0 bridgehead atoms. The minimum Gasteiger partial charge on any atom is -0.507 e. The molecule has 162 valence electrons. The molecule has 0 aliphatic carbocycles. The number of carbonyl (C=O) groups is 2. The number of amides is 1. The molecule has 1 atom stereocenters. The molecule has 1 aliphatic heterocycles. The number of ether oxygens (including phenoxy) is 1. The number of Topliss-reactive ketones (excluding diaryl/α,β-unsaturated/α-hetero) is 1. The fourth-order valence-corrected chi connectivity index (χ4v) is 3.87. The molecule has 0 radical (unpaired) electrons. The number of hydrogen-bond acceptors (Lipinski definition) is 4. The molecule has 1 saturated heterocycles. The van der Waals surface area contributed by atoms with Gasteiger partial charge in [0, 0.05) is 11.3 Å². The average molecular weight is 428 g/mol. The highest BCUT2D eigenvalue weighted by Crippen LogP contribution is 2.42. The Kier molecular flexibility index (Phi) is 5.82. The van der Waals surface area contributed by atoms with E-state index < -0.39 is 17.7 Å². The summed E-state index contributed by atoms with van der Waals surface area (Å²) in [5.74, 6) is -0.889. The summed E-state index contributed by atoms with van der Waals surface area (Å²) >= 11 is 0. The van der Waals surface area contributed by atoms with Gasteiger partial charge < -0.3 is 9.84 Å². The van der Waals surface area contributed by atoms with E-state index in [1.54, 1.807) is 36.4 Å². The van der Waals surface area contributed by atoms with E-state index in [1.807, 2.05) is 63.2 Å². The van der Waals surface area contributed by atoms with Crippen LogP contribution in [0.4, 0.5) is 5.69 Å². The maximum atomic E-state index is 13.2. The lowest BCUT2D eigenvalue weighted by Gasteiger charge is -2.25. The maximum absolute atomic E-state index is 13.2. The van der Waals surface area contributed by atoms with Gasteiger partial charge in [0.25, 0.3) is 11.7 Å². The predicted octanol–water partition coefficient (Wildman–Crippen LogP) is 5.41. The molecule has 0 spiro atoms. The Labute approximate surface area is 187 Å². The normalized spacial score (nSPS) is 17.8. The minimum absolute atomic E-state index is 0.0221. The second kappa shape index (κ2) is 8.71. The van der Waals surface area contributed by atoms with Crippen molar-refractivity contribution in [2.45, 2.75) is 32.9 Å². The standard InChI is InChI=1S/C27H25NO4/c1-17(2)32-22-15-13-21(14-16-22)28-24(19-7-5-4-6-8-19)23(26(30)27(28)31)25(29)20-11-9-18(3)10-12-20/h4-17,24,29H,1-3H3/b25-23+. The predicted molar refractivity (Wildman–Crippen MR) is 125 cm³/mol. The lowest BCUT2D eigenvalue weighted by atomic mass is 9.95. The molecule has 1 heterocycles. The molecular weight excluding hydrogens is 402 g/mol. The van der Waals surface area contributed by atoms with Crippen LogP contribution in [-0.4, -0.2) is 22.9 Å². The Balaban J connectivity index is 1.85. The van der Waals surface area contributed by atoms with Crippen molar-refractivity contribution >= 4 is 23.1 Å². The van der Waals surface area contributed by atoms with Crippen LogP contribution in [0, 0.1) is 6.92 Å². The third-order valence-corrected chi connectivity index (χ3v) is 5.37. The fraction of sp³-hybridized carbons (Fsp3) is 0.185. The smallest absolute Gasteiger partial charge is 0.300 e. The van der Waals surface area contributed by atoms with Crippen LogP contribution in [0.3, 0.4) is 0 Å². The van der Waals surface area contributed by atoms with Gasteiger partial charge in [0.15, 0.2) is 0 Å². The number of carbonyl (C=O) groups excluding carboxylic acids is 2. The van der Waals surface area contributed by atoms with E-state index in [2.05, 4.69) is 0 Å². The van der Waals surface area contributed by atoms with Crippen LogP contribution >= 0.6 is 0 Å². The summed E-state index contributed by atoms with van der Waals surface area (Å²) in [5, 5.41) is 11.1. The van der Waals surface area contributed by atoms with Crippen LogP contribution in [0.25, 0.3) is 5.76 Å². The van der Waals surface area contributed by atoms with E-state index in [0.717, 1.165) is 11.1 Å². The van der Waals surface area contributed by atoms with Crippen molar-refractivity contribution in [3.8, 4) is 5.75 Å². The van der Waals surface area contributed by atoms with E-state index in [1.165, 1.54) is 4.90 Å². The van der Waals surface area contributed by atoms with Gasteiger partial charge in [-0.05, 0) is 50.6 Å². The molecule has 5 heteroatoms. The Morgan fingerprint density at radius 1 is 0.906 bits per heavy atom. The Hall–Kier alpha value is -3.86. The maximum Gasteiger partial charge on any atom is 0.300 e. The molecule has 1 N–H and O–H groups in total. The van der Waals surface area contributed by atoms with Crippen molar-refractivity contribution in [1.29, 1.82) is 0 Å². The lowest BCUT2D eigenvalue weighted by molar-refractivity contribution is -0.132. The van der Waals surface area contributed by atoms with Crippen molar-refractivity contribution in [2.75, 3.05) is 4.90 Å². The molecule has 5 nitrogen and oxygen atoms in total. The first-order chi connectivity index (χ1) is 15.4. The Bertz CT molecular complexity index is 1160. The number of benzene rings is 3. The van der Waals surface area contributed by atoms with Crippen molar-refractivity contribution in [2.24, 2.45) is 0 Å². The van der Waals surface area contributed by atoms with Crippen molar-refractivity contribution in [1.82, 2.24) is 0 Å². The molecule has 3 aromatic rings. The van der Waals surface area contributed by atoms with Gasteiger partial charge in [0.1, 0.15) is 11.5 Å². The highest BCUT2D eigenvalue weighted by Gasteiger charge is 2.46. The number of aryl methyl sites for hydroxylation is 1. The summed E-state index contributed by atoms with van der Waals surface area (Å²) in [7, 11) is 0. The summed E-state index contributed by atoms with van der Waals surface area (Å²) in [4.78, 5) is 27.7. The zero-order valence-electron chi connectivity index (χ0n) is 18.3. The molecule has 1 amide bonds. The molecular formula is C27H25NO4. The molecule has 1 fully saturated rings. The zero-order chi connectivity index (χ0) is 22.8. The number of aliphatic hydroxyl groups is 1. The van der Waals surface area contributed by atoms with E-state index in [0.29, 0.717) is 17.0 Å². The summed E-state index contributed by atoms with van der Waals surface area (Å²) in [6.07, 6.45) is 0.0221. The van der Waals surface area contributed by atoms with E-state index >= 15 is 0 Å². The van der Waals surface area contributed by atoms with Crippen molar-refractivity contribution < 1.29 is 19.4 Å². The Morgan fingerprint density at radius 2 is 1.53 bits per heavy atom.